The number of aryl methyl sites for hydroxylation is 1. The lowest BCUT2D eigenvalue weighted by Crippen LogP contribution is -2.13. The van der Waals surface area contributed by atoms with Gasteiger partial charge in [-0.25, -0.2) is 8.42 Å². The first-order chi connectivity index (χ1) is 10.3. The molecule has 0 bridgehead atoms. The van der Waals surface area contributed by atoms with Crippen LogP contribution < -0.4 is 10.0 Å². The Balaban J connectivity index is 2.24. The van der Waals surface area contributed by atoms with Gasteiger partial charge in [0.25, 0.3) is 10.0 Å². The van der Waals surface area contributed by atoms with Crippen molar-refractivity contribution >= 4 is 43.2 Å². The second-order valence-electron chi connectivity index (χ2n) is 4.79. The minimum Gasteiger partial charge on any atom is -0.326 e. The highest BCUT2D eigenvalue weighted by Crippen LogP contribution is 2.26. The minimum atomic E-state index is -3.69. The van der Waals surface area contributed by atoms with E-state index in [1.54, 1.807) is 18.2 Å². The molecule has 5 nitrogen and oxygen atoms in total. The highest BCUT2D eigenvalue weighted by molar-refractivity contribution is 9.10. The van der Waals surface area contributed by atoms with Crippen LogP contribution in [0.2, 0.25) is 0 Å². The third-order valence-corrected chi connectivity index (χ3v) is 4.89. The number of anilines is 2. The van der Waals surface area contributed by atoms with E-state index in [0.717, 1.165) is 5.56 Å². The minimum absolute atomic E-state index is 0.120. The maximum Gasteiger partial charge on any atom is 0.261 e. The number of hydrogen-bond donors (Lipinski definition) is 2. The molecule has 0 spiro atoms. The summed E-state index contributed by atoms with van der Waals surface area (Å²) >= 11 is 3.34. The fourth-order valence-corrected chi connectivity index (χ4v) is 3.63. The fourth-order valence-electron chi connectivity index (χ4n) is 1.83. The second-order valence-corrected chi connectivity index (χ2v) is 7.33. The summed E-state index contributed by atoms with van der Waals surface area (Å²) in [4.78, 5) is 11.1. The summed E-state index contributed by atoms with van der Waals surface area (Å²) in [6, 6.07) is 11.3. The van der Waals surface area contributed by atoms with E-state index in [9.17, 15) is 13.2 Å². The molecular weight excluding hydrogens is 368 g/mol. The smallest absolute Gasteiger partial charge is 0.261 e. The van der Waals surface area contributed by atoms with Crippen molar-refractivity contribution in [2.75, 3.05) is 10.0 Å². The van der Waals surface area contributed by atoms with Crippen molar-refractivity contribution in [3.63, 3.8) is 0 Å². The maximum absolute atomic E-state index is 12.4. The first kappa shape index (κ1) is 16.5. The molecule has 1 amide bonds. The highest BCUT2D eigenvalue weighted by Gasteiger charge is 2.15. The molecule has 0 aliphatic carbocycles. The standard InChI is InChI=1S/C15H15BrN2O3S/c1-10-3-8-15(14(16)9-10)18-22(20,21)13-6-4-12(5-7-13)17-11(2)19/h3-9,18H,1-2H3,(H,17,19). The highest BCUT2D eigenvalue weighted by atomic mass is 79.9. The number of halogens is 1. The van der Waals surface area contributed by atoms with Gasteiger partial charge in [-0.3, -0.25) is 9.52 Å². The van der Waals surface area contributed by atoms with E-state index in [-0.39, 0.29) is 10.8 Å². The summed E-state index contributed by atoms with van der Waals surface area (Å²) in [6.45, 7) is 3.31. The lowest BCUT2D eigenvalue weighted by molar-refractivity contribution is -0.114. The molecule has 116 valence electrons. The molecule has 0 unspecified atom stereocenters. The Morgan fingerprint density at radius 1 is 1.09 bits per heavy atom. The Morgan fingerprint density at radius 3 is 2.27 bits per heavy atom. The first-order valence-electron chi connectivity index (χ1n) is 6.44. The van der Waals surface area contributed by atoms with E-state index in [0.29, 0.717) is 15.8 Å². The average molecular weight is 383 g/mol. The lowest BCUT2D eigenvalue weighted by Gasteiger charge is -2.11. The predicted octanol–water partition coefficient (Wildman–Crippen LogP) is 3.52. The summed E-state index contributed by atoms with van der Waals surface area (Å²) in [5.74, 6) is -0.211. The van der Waals surface area contributed by atoms with Gasteiger partial charge in [-0.2, -0.15) is 0 Å². The van der Waals surface area contributed by atoms with Crippen LogP contribution in [0.5, 0.6) is 0 Å². The van der Waals surface area contributed by atoms with Crippen LogP contribution in [0, 0.1) is 6.92 Å². The maximum atomic E-state index is 12.4. The molecule has 0 aliphatic heterocycles. The van der Waals surface area contributed by atoms with Crippen LogP contribution in [-0.4, -0.2) is 14.3 Å². The third-order valence-electron chi connectivity index (χ3n) is 2.85. The fraction of sp³-hybridized carbons (Fsp3) is 0.133. The van der Waals surface area contributed by atoms with E-state index in [1.165, 1.54) is 19.1 Å². The summed E-state index contributed by atoms with van der Waals surface area (Å²) < 4.78 is 27.9. The summed E-state index contributed by atoms with van der Waals surface area (Å²) in [6.07, 6.45) is 0. The average Bonchev–Trinajstić information content (AvgIpc) is 2.42. The van der Waals surface area contributed by atoms with Gasteiger partial charge < -0.3 is 5.32 Å². The number of hydrogen-bond acceptors (Lipinski definition) is 3. The third kappa shape index (κ3) is 4.08. The molecule has 0 heterocycles. The Hall–Kier alpha value is -1.86. The van der Waals surface area contributed by atoms with Crippen molar-refractivity contribution in [1.29, 1.82) is 0 Å². The number of amides is 1. The topological polar surface area (TPSA) is 75.3 Å². The summed E-state index contributed by atoms with van der Waals surface area (Å²) in [7, 11) is -3.69. The van der Waals surface area contributed by atoms with Crippen molar-refractivity contribution in [2.45, 2.75) is 18.7 Å². The number of nitrogens with one attached hydrogen (secondary N) is 2. The number of carbonyl (C=O) groups is 1. The molecule has 0 fully saturated rings. The molecule has 7 heteroatoms. The lowest BCUT2D eigenvalue weighted by atomic mass is 10.2. The normalized spacial score (nSPS) is 11.0. The Morgan fingerprint density at radius 2 is 1.73 bits per heavy atom. The van der Waals surface area contributed by atoms with Gasteiger partial charge in [-0.05, 0) is 64.8 Å². The molecule has 22 heavy (non-hydrogen) atoms. The Labute approximate surface area is 137 Å². The van der Waals surface area contributed by atoms with Crippen LogP contribution in [0.15, 0.2) is 51.8 Å². The monoisotopic (exact) mass is 382 g/mol. The first-order valence-corrected chi connectivity index (χ1v) is 8.72. The number of carbonyl (C=O) groups excluding carboxylic acids is 1. The summed E-state index contributed by atoms with van der Waals surface area (Å²) in [5.41, 5.74) is 2.04. The van der Waals surface area contributed by atoms with Crippen molar-refractivity contribution < 1.29 is 13.2 Å². The molecule has 0 radical (unpaired) electrons. The van der Waals surface area contributed by atoms with Crippen LogP contribution in [0.25, 0.3) is 0 Å². The van der Waals surface area contributed by atoms with E-state index in [4.69, 9.17) is 0 Å². The van der Waals surface area contributed by atoms with Gasteiger partial charge in [0.1, 0.15) is 0 Å². The van der Waals surface area contributed by atoms with Crippen molar-refractivity contribution in [3.05, 3.63) is 52.5 Å². The van der Waals surface area contributed by atoms with Gasteiger partial charge in [0.15, 0.2) is 0 Å². The van der Waals surface area contributed by atoms with Crippen LogP contribution in [-0.2, 0) is 14.8 Å². The molecule has 2 aromatic rings. The van der Waals surface area contributed by atoms with Gasteiger partial charge in [0.05, 0.1) is 10.6 Å². The molecule has 0 saturated heterocycles. The van der Waals surface area contributed by atoms with E-state index in [1.807, 2.05) is 19.1 Å². The summed E-state index contributed by atoms with van der Waals surface area (Å²) in [5, 5.41) is 2.59. The molecular formula is C15H15BrN2O3S. The van der Waals surface area contributed by atoms with Crippen LogP contribution in [0.4, 0.5) is 11.4 Å². The van der Waals surface area contributed by atoms with Crippen molar-refractivity contribution in [3.8, 4) is 0 Å². The molecule has 0 aliphatic rings. The van der Waals surface area contributed by atoms with Crippen LogP contribution in [0.3, 0.4) is 0 Å². The van der Waals surface area contributed by atoms with E-state index < -0.39 is 10.0 Å². The molecule has 0 atom stereocenters. The molecule has 0 aromatic heterocycles. The largest absolute Gasteiger partial charge is 0.326 e. The van der Waals surface area contributed by atoms with Gasteiger partial charge in [-0.1, -0.05) is 6.07 Å². The van der Waals surface area contributed by atoms with Crippen molar-refractivity contribution in [2.24, 2.45) is 0 Å². The number of sulfonamides is 1. The van der Waals surface area contributed by atoms with Gasteiger partial charge in [0, 0.05) is 17.1 Å². The van der Waals surface area contributed by atoms with Crippen molar-refractivity contribution in [1.82, 2.24) is 0 Å². The number of rotatable bonds is 4. The van der Waals surface area contributed by atoms with Crippen LogP contribution >= 0.6 is 15.9 Å². The zero-order valence-electron chi connectivity index (χ0n) is 12.1. The van der Waals surface area contributed by atoms with Gasteiger partial charge >= 0.3 is 0 Å². The Kier molecular flexibility index (Phi) is 4.87. The van der Waals surface area contributed by atoms with Gasteiger partial charge in [-0.15, -0.1) is 0 Å². The molecule has 2 N–H and O–H groups in total. The Bertz CT molecular complexity index is 802. The zero-order valence-corrected chi connectivity index (χ0v) is 14.5. The predicted molar refractivity (Wildman–Crippen MR) is 90.4 cm³/mol. The second kappa shape index (κ2) is 6.50. The van der Waals surface area contributed by atoms with E-state index in [2.05, 4.69) is 26.0 Å². The van der Waals surface area contributed by atoms with Crippen LogP contribution in [0.1, 0.15) is 12.5 Å². The quantitative estimate of drug-likeness (QED) is 0.849. The SMILES string of the molecule is CC(=O)Nc1ccc(S(=O)(=O)Nc2ccc(C)cc2Br)cc1. The molecule has 2 rings (SSSR count). The van der Waals surface area contributed by atoms with E-state index >= 15 is 0 Å². The van der Waals surface area contributed by atoms with Gasteiger partial charge in [0.2, 0.25) is 5.91 Å². The number of benzene rings is 2. The zero-order chi connectivity index (χ0) is 16.3. The molecule has 0 saturated carbocycles. The molecule has 2 aromatic carbocycles.